The second kappa shape index (κ2) is 7.74. The van der Waals surface area contributed by atoms with Gasteiger partial charge in [-0.05, 0) is 31.2 Å². The first-order valence-electron chi connectivity index (χ1n) is 8.65. The van der Waals surface area contributed by atoms with Gasteiger partial charge in [0.1, 0.15) is 11.8 Å². The number of aromatic nitrogens is 2. The van der Waals surface area contributed by atoms with Crippen LogP contribution in [0, 0.1) is 6.92 Å². The van der Waals surface area contributed by atoms with Crippen molar-refractivity contribution in [2.45, 2.75) is 13.0 Å². The van der Waals surface area contributed by atoms with Gasteiger partial charge in [-0.15, -0.1) is 0 Å². The Kier molecular flexibility index (Phi) is 4.99. The maximum absolute atomic E-state index is 12.3. The van der Waals surface area contributed by atoms with Crippen molar-refractivity contribution in [3.05, 3.63) is 71.0 Å². The summed E-state index contributed by atoms with van der Waals surface area (Å²) in [5.41, 5.74) is 4.62. The van der Waals surface area contributed by atoms with Gasteiger partial charge >= 0.3 is 0 Å². The molecule has 1 aromatic heterocycles. The molecule has 0 fully saturated rings. The lowest BCUT2D eigenvalue weighted by Gasteiger charge is -2.24. The number of nitrogens with zero attached hydrogens (tertiary/aromatic N) is 3. The Bertz CT molecular complexity index is 1030. The SMILES string of the molecule is Cc1nn(-c2ccccc2)c(Cl)c1/C=N/NC(=O)[C@@H]1COc2ccccc2O1. The van der Waals surface area contributed by atoms with Crippen LogP contribution in [0.25, 0.3) is 5.69 Å². The van der Waals surface area contributed by atoms with E-state index in [1.807, 2.05) is 49.4 Å². The minimum absolute atomic E-state index is 0.115. The van der Waals surface area contributed by atoms with Gasteiger partial charge in [0.15, 0.2) is 11.5 Å². The molecular weight excluding hydrogens is 380 g/mol. The van der Waals surface area contributed by atoms with Crippen molar-refractivity contribution in [2.75, 3.05) is 6.61 Å². The molecule has 0 saturated carbocycles. The van der Waals surface area contributed by atoms with E-state index in [1.54, 1.807) is 16.8 Å². The van der Waals surface area contributed by atoms with E-state index in [2.05, 4.69) is 15.6 Å². The van der Waals surface area contributed by atoms with Gasteiger partial charge in [0.05, 0.1) is 23.2 Å². The van der Waals surface area contributed by atoms with Crippen LogP contribution in [0.1, 0.15) is 11.3 Å². The zero-order valence-corrected chi connectivity index (χ0v) is 15.8. The lowest BCUT2D eigenvalue weighted by Crippen LogP contribution is -2.42. The van der Waals surface area contributed by atoms with Crippen molar-refractivity contribution in [3.8, 4) is 17.2 Å². The molecule has 0 unspecified atom stereocenters. The zero-order valence-electron chi connectivity index (χ0n) is 15.0. The Morgan fingerprint density at radius 3 is 2.71 bits per heavy atom. The van der Waals surface area contributed by atoms with E-state index in [0.29, 0.717) is 27.9 Å². The van der Waals surface area contributed by atoms with Crippen LogP contribution >= 0.6 is 11.6 Å². The third kappa shape index (κ3) is 3.57. The van der Waals surface area contributed by atoms with Crippen molar-refractivity contribution >= 4 is 23.7 Å². The summed E-state index contributed by atoms with van der Waals surface area (Å²) in [6.07, 6.45) is 0.690. The molecule has 1 aliphatic rings. The van der Waals surface area contributed by atoms with Gasteiger partial charge in [0.25, 0.3) is 5.91 Å². The van der Waals surface area contributed by atoms with Crippen molar-refractivity contribution in [2.24, 2.45) is 5.10 Å². The lowest BCUT2D eigenvalue weighted by atomic mass is 10.2. The van der Waals surface area contributed by atoms with Crippen molar-refractivity contribution in [1.29, 1.82) is 0 Å². The van der Waals surface area contributed by atoms with Crippen LogP contribution in [0.2, 0.25) is 5.15 Å². The van der Waals surface area contributed by atoms with Gasteiger partial charge in [0.2, 0.25) is 6.10 Å². The van der Waals surface area contributed by atoms with E-state index in [4.69, 9.17) is 21.1 Å². The topological polar surface area (TPSA) is 77.7 Å². The summed E-state index contributed by atoms with van der Waals surface area (Å²) in [4.78, 5) is 12.3. The number of hydrogen-bond donors (Lipinski definition) is 1. The molecule has 1 aliphatic heterocycles. The Balaban J connectivity index is 1.44. The normalized spacial score (nSPS) is 15.6. The summed E-state index contributed by atoms with van der Waals surface area (Å²) in [6.45, 7) is 1.94. The fraction of sp³-hybridized carbons (Fsp3) is 0.150. The molecule has 28 heavy (non-hydrogen) atoms. The molecule has 1 N–H and O–H groups in total. The number of carbonyl (C=O) groups is 1. The minimum Gasteiger partial charge on any atom is -0.485 e. The second-order valence-corrected chi connectivity index (χ2v) is 6.49. The fourth-order valence-electron chi connectivity index (χ4n) is 2.78. The zero-order chi connectivity index (χ0) is 19.5. The fourth-order valence-corrected chi connectivity index (χ4v) is 3.10. The quantitative estimate of drug-likeness (QED) is 0.543. The van der Waals surface area contributed by atoms with Crippen molar-refractivity contribution in [1.82, 2.24) is 15.2 Å². The number of hydrazone groups is 1. The minimum atomic E-state index is -0.782. The van der Waals surface area contributed by atoms with Crippen molar-refractivity contribution in [3.63, 3.8) is 0 Å². The predicted molar refractivity (Wildman–Crippen MR) is 105 cm³/mol. The Labute approximate surface area is 166 Å². The molecule has 0 radical (unpaired) electrons. The van der Waals surface area contributed by atoms with Crippen LogP contribution in [-0.2, 0) is 4.79 Å². The van der Waals surface area contributed by atoms with Crippen LogP contribution in [-0.4, -0.2) is 34.6 Å². The number of fused-ring (bicyclic) bond motifs is 1. The number of aryl methyl sites for hydroxylation is 1. The lowest BCUT2D eigenvalue weighted by molar-refractivity contribution is -0.130. The van der Waals surface area contributed by atoms with Gasteiger partial charge < -0.3 is 9.47 Å². The second-order valence-electron chi connectivity index (χ2n) is 6.14. The average molecular weight is 397 g/mol. The molecule has 7 nitrogen and oxygen atoms in total. The Morgan fingerprint density at radius 1 is 1.21 bits per heavy atom. The van der Waals surface area contributed by atoms with Crippen LogP contribution < -0.4 is 14.9 Å². The van der Waals surface area contributed by atoms with E-state index in [0.717, 1.165) is 5.69 Å². The van der Waals surface area contributed by atoms with E-state index in [9.17, 15) is 4.79 Å². The third-order valence-corrected chi connectivity index (χ3v) is 4.58. The standard InChI is InChI=1S/C20H17ClN4O3/c1-13-15(19(21)25(24-13)14-7-3-2-4-8-14)11-22-23-20(26)18-12-27-16-9-5-6-10-17(16)28-18/h2-11,18H,12H2,1H3,(H,23,26)/b22-11+/t18-/m0/s1. The highest BCUT2D eigenvalue weighted by Crippen LogP contribution is 2.30. The van der Waals surface area contributed by atoms with Gasteiger partial charge in [0, 0.05) is 0 Å². The molecule has 0 aliphatic carbocycles. The molecule has 1 atom stereocenters. The molecule has 2 aromatic carbocycles. The number of carbonyl (C=O) groups excluding carboxylic acids is 1. The number of amides is 1. The van der Waals surface area contributed by atoms with Crippen LogP contribution in [0.15, 0.2) is 59.7 Å². The molecule has 1 amide bonds. The average Bonchev–Trinajstić information content (AvgIpc) is 3.02. The highest BCUT2D eigenvalue weighted by Gasteiger charge is 2.27. The summed E-state index contributed by atoms with van der Waals surface area (Å²) < 4.78 is 12.8. The summed E-state index contributed by atoms with van der Waals surface area (Å²) in [7, 11) is 0. The smallest absolute Gasteiger partial charge is 0.284 e. The summed E-state index contributed by atoms with van der Waals surface area (Å²) in [5, 5.41) is 8.84. The Morgan fingerprint density at radius 2 is 1.93 bits per heavy atom. The van der Waals surface area contributed by atoms with Gasteiger partial charge in [-0.2, -0.15) is 10.2 Å². The van der Waals surface area contributed by atoms with E-state index in [1.165, 1.54) is 6.21 Å². The summed E-state index contributed by atoms with van der Waals surface area (Å²) in [6, 6.07) is 16.7. The highest BCUT2D eigenvalue weighted by atomic mass is 35.5. The first-order valence-corrected chi connectivity index (χ1v) is 9.03. The van der Waals surface area contributed by atoms with E-state index >= 15 is 0 Å². The molecular formula is C20H17ClN4O3. The van der Waals surface area contributed by atoms with Crippen LogP contribution in [0.3, 0.4) is 0 Å². The first-order chi connectivity index (χ1) is 13.6. The van der Waals surface area contributed by atoms with Gasteiger partial charge in [-0.3, -0.25) is 4.79 Å². The molecule has 142 valence electrons. The molecule has 0 spiro atoms. The third-order valence-electron chi connectivity index (χ3n) is 4.22. The van der Waals surface area contributed by atoms with Crippen LogP contribution in [0.5, 0.6) is 11.5 Å². The molecule has 0 bridgehead atoms. The largest absolute Gasteiger partial charge is 0.485 e. The monoisotopic (exact) mass is 396 g/mol. The number of nitrogens with one attached hydrogen (secondary N) is 1. The molecule has 2 heterocycles. The highest BCUT2D eigenvalue weighted by molar-refractivity contribution is 6.32. The predicted octanol–water partition coefficient (Wildman–Crippen LogP) is 3.12. The maximum atomic E-state index is 12.3. The van der Waals surface area contributed by atoms with E-state index < -0.39 is 12.0 Å². The number of para-hydroxylation sites is 3. The maximum Gasteiger partial charge on any atom is 0.284 e. The Hall–Kier alpha value is -3.32. The van der Waals surface area contributed by atoms with Gasteiger partial charge in [-0.25, -0.2) is 10.1 Å². The first kappa shape index (κ1) is 18.1. The molecule has 8 heteroatoms. The summed E-state index contributed by atoms with van der Waals surface area (Å²) in [5.74, 6) is 0.738. The molecule has 4 rings (SSSR count). The molecule has 3 aromatic rings. The van der Waals surface area contributed by atoms with Crippen molar-refractivity contribution < 1.29 is 14.3 Å². The van der Waals surface area contributed by atoms with E-state index in [-0.39, 0.29) is 6.61 Å². The van der Waals surface area contributed by atoms with Gasteiger partial charge in [-0.1, -0.05) is 41.9 Å². The number of ether oxygens (including phenoxy) is 2. The number of halogens is 1. The number of hydrogen-bond acceptors (Lipinski definition) is 5. The molecule has 0 saturated heterocycles. The number of rotatable bonds is 4. The summed E-state index contributed by atoms with van der Waals surface area (Å²) >= 11 is 6.44. The number of benzene rings is 2. The van der Waals surface area contributed by atoms with Crippen LogP contribution in [0.4, 0.5) is 0 Å².